The van der Waals surface area contributed by atoms with E-state index in [1.165, 1.54) is 0 Å². The smallest absolute Gasteiger partial charge is 0.152 e. The number of morpholine rings is 1. The molecule has 0 aromatic carbocycles. The Morgan fingerprint density at radius 3 is 3.00 bits per heavy atom. The zero-order chi connectivity index (χ0) is 19.6. The first-order valence-corrected chi connectivity index (χ1v) is 10.3. The molecular weight excluding hydrogens is 358 g/mol. The van der Waals surface area contributed by atoms with Crippen LogP contribution in [0.1, 0.15) is 26.7 Å². The Morgan fingerprint density at radius 2 is 2.36 bits per heavy atom. The number of hydrogen-bond acceptors (Lipinski definition) is 8. The Hall–Kier alpha value is -1.68. The number of aliphatic imine (C=N–C) groups is 1. The van der Waals surface area contributed by atoms with Crippen molar-refractivity contribution in [3.05, 3.63) is 12.4 Å². The van der Waals surface area contributed by atoms with Gasteiger partial charge in [0.1, 0.15) is 6.33 Å². The molecular formula is C19H31N7O2. The highest BCUT2D eigenvalue weighted by Gasteiger charge is 2.43. The van der Waals surface area contributed by atoms with Crippen LogP contribution in [0.3, 0.4) is 0 Å². The van der Waals surface area contributed by atoms with E-state index >= 15 is 0 Å². The average Bonchev–Trinajstić information content (AvgIpc) is 3.25. The predicted octanol–water partition coefficient (Wildman–Crippen LogP) is 0.261. The minimum absolute atomic E-state index is 0.0187. The number of likely N-dealkylation sites (tertiary alicyclic amines) is 1. The largest absolute Gasteiger partial charge is 0.396 e. The van der Waals surface area contributed by atoms with Gasteiger partial charge in [0, 0.05) is 56.9 Å². The summed E-state index contributed by atoms with van der Waals surface area (Å²) in [4.78, 5) is 7.18. The first-order valence-electron chi connectivity index (χ1n) is 10.3. The molecule has 4 heterocycles. The monoisotopic (exact) mass is 389 g/mol. The van der Waals surface area contributed by atoms with E-state index in [0.29, 0.717) is 5.92 Å². The number of aliphatic hydroxyl groups is 1. The lowest BCUT2D eigenvalue weighted by molar-refractivity contribution is -0.133. The van der Waals surface area contributed by atoms with Gasteiger partial charge in [0.05, 0.1) is 12.2 Å². The molecule has 1 aromatic rings. The minimum Gasteiger partial charge on any atom is -0.396 e. The van der Waals surface area contributed by atoms with Crippen LogP contribution in [0, 0.1) is 17.8 Å². The van der Waals surface area contributed by atoms with Crippen molar-refractivity contribution in [3.8, 4) is 0 Å². The molecule has 9 nitrogen and oxygen atoms in total. The van der Waals surface area contributed by atoms with Gasteiger partial charge in [-0.2, -0.15) is 4.68 Å². The molecule has 3 aliphatic heterocycles. The van der Waals surface area contributed by atoms with Crippen LogP contribution in [-0.4, -0.2) is 87.5 Å². The fraction of sp³-hybridized carbons (Fsp3) is 0.789. The van der Waals surface area contributed by atoms with Gasteiger partial charge in [-0.05, 0) is 42.2 Å². The minimum atomic E-state index is -0.0187. The average molecular weight is 390 g/mol. The van der Waals surface area contributed by atoms with E-state index in [-0.39, 0.29) is 24.0 Å². The van der Waals surface area contributed by atoms with Crippen LogP contribution in [0.5, 0.6) is 0 Å². The maximum Gasteiger partial charge on any atom is 0.152 e. The molecule has 28 heavy (non-hydrogen) atoms. The first kappa shape index (κ1) is 19.6. The molecule has 0 amide bonds. The maximum absolute atomic E-state index is 10.1. The Balaban J connectivity index is 1.37. The number of ether oxygens (including phenoxy) is 1. The summed E-state index contributed by atoms with van der Waals surface area (Å²) in [6, 6.07) is 0. The molecule has 1 spiro atoms. The van der Waals surface area contributed by atoms with E-state index < -0.39 is 0 Å². The van der Waals surface area contributed by atoms with Crippen molar-refractivity contribution < 1.29 is 9.84 Å². The molecule has 4 rings (SSSR count). The number of allylic oxidation sites excluding steroid dienone is 1. The molecule has 9 heteroatoms. The lowest BCUT2D eigenvalue weighted by Crippen LogP contribution is -2.60. The Bertz CT molecular complexity index is 712. The van der Waals surface area contributed by atoms with E-state index in [4.69, 9.17) is 9.73 Å². The summed E-state index contributed by atoms with van der Waals surface area (Å²) in [5.41, 5.74) is 1.02. The number of aliphatic hydroxyl groups excluding tert-OH is 1. The summed E-state index contributed by atoms with van der Waals surface area (Å²) in [7, 11) is 0. The molecule has 1 aromatic heterocycles. The maximum atomic E-state index is 10.1. The van der Waals surface area contributed by atoms with Gasteiger partial charge in [0.25, 0.3) is 0 Å². The van der Waals surface area contributed by atoms with Crippen molar-refractivity contribution in [2.75, 3.05) is 45.9 Å². The Morgan fingerprint density at radius 1 is 1.46 bits per heavy atom. The summed E-state index contributed by atoms with van der Waals surface area (Å²) >= 11 is 0. The molecule has 2 saturated heterocycles. The standard InChI is InChI=1S/C19H31N7O2/c1-14-9-25(7-5-19(14)12-20-6-8-28-19)10-16(11-27)17-3-4-18(22-15(17)2)26-13-21-23-24-26/h4,13-14,16-17,20,27H,3,5-12H2,1-2H3/t14-,16-,17?,19-/m0/s1. The molecule has 0 bridgehead atoms. The number of nitrogens with one attached hydrogen (secondary N) is 1. The van der Waals surface area contributed by atoms with E-state index in [1.54, 1.807) is 11.0 Å². The van der Waals surface area contributed by atoms with Crippen molar-refractivity contribution in [3.63, 3.8) is 0 Å². The summed E-state index contributed by atoms with van der Waals surface area (Å²) < 4.78 is 7.78. The van der Waals surface area contributed by atoms with Gasteiger partial charge in [0.15, 0.2) is 5.82 Å². The zero-order valence-corrected chi connectivity index (χ0v) is 16.8. The Labute approximate surface area is 165 Å². The van der Waals surface area contributed by atoms with Crippen molar-refractivity contribution in [1.29, 1.82) is 0 Å². The number of rotatable bonds is 5. The number of aromatic nitrogens is 4. The topological polar surface area (TPSA) is 101 Å². The van der Waals surface area contributed by atoms with Gasteiger partial charge < -0.3 is 20.1 Å². The van der Waals surface area contributed by atoms with E-state index in [9.17, 15) is 5.11 Å². The van der Waals surface area contributed by atoms with Crippen LogP contribution in [0.2, 0.25) is 0 Å². The van der Waals surface area contributed by atoms with Crippen molar-refractivity contribution >= 4 is 11.5 Å². The third kappa shape index (κ3) is 3.89. The highest BCUT2D eigenvalue weighted by atomic mass is 16.5. The van der Waals surface area contributed by atoms with Crippen molar-refractivity contribution in [2.45, 2.75) is 32.3 Å². The number of tetrazole rings is 1. The van der Waals surface area contributed by atoms with Crippen LogP contribution < -0.4 is 5.32 Å². The molecule has 0 saturated carbocycles. The second-order valence-electron chi connectivity index (χ2n) is 8.36. The van der Waals surface area contributed by atoms with Crippen molar-refractivity contribution in [2.24, 2.45) is 22.7 Å². The highest BCUT2D eigenvalue weighted by molar-refractivity contribution is 5.89. The molecule has 0 radical (unpaired) electrons. The lowest BCUT2D eigenvalue weighted by Gasteiger charge is -2.49. The van der Waals surface area contributed by atoms with Crippen LogP contribution in [-0.2, 0) is 4.74 Å². The van der Waals surface area contributed by atoms with Crippen LogP contribution in [0.15, 0.2) is 17.4 Å². The highest BCUT2D eigenvalue weighted by Crippen LogP contribution is 2.34. The molecule has 3 aliphatic rings. The predicted molar refractivity (Wildman–Crippen MR) is 106 cm³/mol. The summed E-state index contributed by atoms with van der Waals surface area (Å²) in [5.74, 6) is 1.64. The molecule has 4 atom stereocenters. The lowest BCUT2D eigenvalue weighted by atomic mass is 9.79. The number of piperidine rings is 1. The molecule has 1 unspecified atom stereocenters. The van der Waals surface area contributed by atoms with E-state index in [1.807, 2.05) is 6.92 Å². The molecule has 2 fully saturated rings. The number of hydrogen-bond donors (Lipinski definition) is 2. The van der Waals surface area contributed by atoms with Gasteiger partial charge in [-0.15, -0.1) is 5.10 Å². The van der Waals surface area contributed by atoms with Crippen molar-refractivity contribution in [1.82, 2.24) is 30.4 Å². The van der Waals surface area contributed by atoms with Gasteiger partial charge in [-0.1, -0.05) is 6.92 Å². The fourth-order valence-electron chi connectivity index (χ4n) is 4.86. The van der Waals surface area contributed by atoms with E-state index in [2.05, 4.69) is 38.7 Å². The zero-order valence-electron chi connectivity index (χ0n) is 16.8. The second-order valence-corrected chi connectivity index (χ2v) is 8.36. The quantitative estimate of drug-likeness (QED) is 0.745. The van der Waals surface area contributed by atoms with Gasteiger partial charge in [-0.3, -0.25) is 0 Å². The van der Waals surface area contributed by atoms with Gasteiger partial charge in [0.2, 0.25) is 0 Å². The van der Waals surface area contributed by atoms with Crippen LogP contribution in [0.4, 0.5) is 0 Å². The van der Waals surface area contributed by atoms with Crippen LogP contribution >= 0.6 is 0 Å². The normalized spacial score (nSPS) is 32.8. The summed E-state index contributed by atoms with van der Waals surface area (Å²) in [5, 5.41) is 24.9. The summed E-state index contributed by atoms with van der Waals surface area (Å²) in [6.45, 7) is 10.1. The van der Waals surface area contributed by atoms with Gasteiger partial charge >= 0.3 is 0 Å². The first-order chi connectivity index (χ1) is 13.6. The fourth-order valence-corrected chi connectivity index (χ4v) is 4.86. The van der Waals surface area contributed by atoms with Gasteiger partial charge in [-0.25, -0.2) is 4.99 Å². The molecule has 0 aliphatic carbocycles. The summed E-state index contributed by atoms with van der Waals surface area (Å²) in [6.07, 6.45) is 5.50. The number of nitrogens with zero attached hydrogens (tertiary/aromatic N) is 6. The second kappa shape index (κ2) is 8.36. The molecule has 2 N–H and O–H groups in total. The Kier molecular flexibility index (Phi) is 5.86. The SMILES string of the molecule is CC1=NC(n2cnnn2)=CCC1[C@H](CO)CN1CC[C@]2(CNCCO2)[C@@H](C)C1. The van der Waals surface area contributed by atoms with E-state index in [0.717, 1.165) is 63.7 Å². The third-order valence-electron chi connectivity index (χ3n) is 6.64. The molecule has 154 valence electrons. The third-order valence-corrected chi connectivity index (χ3v) is 6.64. The van der Waals surface area contributed by atoms with Crippen LogP contribution in [0.25, 0.3) is 5.82 Å².